The molecule has 0 bridgehead atoms. The first kappa shape index (κ1) is 7.65. The number of nitrogens with zero attached hydrogens (tertiary/aromatic N) is 3. The Morgan fingerprint density at radius 1 is 1.36 bits per heavy atom. The molecule has 60 valence electrons. The van der Waals surface area contributed by atoms with Gasteiger partial charge in [0.15, 0.2) is 5.65 Å². The maximum Gasteiger partial charge on any atom is 0.180 e. The normalized spacial score (nSPS) is 8.91. The van der Waals surface area contributed by atoms with Gasteiger partial charge in [-0.25, -0.2) is 15.0 Å². The van der Waals surface area contributed by atoms with E-state index in [1.807, 2.05) is 13.8 Å². The molecular formula is C7H12N4. The van der Waals surface area contributed by atoms with E-state index in [-0.39, 0.29) is 1.43 Å². The van der Waals surface area contributed by atoms with Crippen LogP contribution in [0.25, 0.3) is 11.2 Å². The van der Waals surface area contributed by atoms with Gasteiger partial charge < -0.3 is 4.98 Å². The first-order chi connectivity index (χ1) is 5.47. The van der Waals surface area contributed by atoms with E-state index in [9.17, 15) is 0 Å². The van der Waals surface area contributed by atoms with Gasteiger partial charge in [-0.3, -0.25) is 0 Å². The molecule has 0 aliphatic carbocycles. The highest BCUT2D eigenvalue weighted by atomic mass is 15.0. The zero-order chi connectivity index (χ0) is 8.10. The predicted octanol–water partition coefficient (Wildman–Crippen LogP) is 1.63. The van der Waals surface area contributed by atoms with Crippen LogP contribution >= 0.6 is 0 Å². The van der Waals surface area contributed by atoms with Crippen molar-refractivity contribution in [2.45, 2.75) is 13.8 Å². The van der Waals surface area contributed by atoms with Crippen LogP contribution in [0.3, 0.4) is 0 Å². The lowest BCUT2D eigenvalue weighted by molar-refractivity contribution is 1.20. The number of fused-ring (bicyclic) bond motifs is 1. The van der Waals surface area contributed by atoms with Crippen LogP contribution in [0.5, 0.6) is 0 Å². The van der Waals surface area contributed by atoms with Gasteiger partial charge in [0.25, 0.3) is 0 Å². The van der Waals surface area contributed by atoms with Gasteiger partial charge >= 0.3 is 0 Å². The van der Waals surface area contributed by atoms with Crippen molar-refractivity contribution < 1.29 is 1.43 Å². The zero-order valence-corrected chi connectivity index (χ0v) is 6.57. The summed E-state index contributed by atoms with van der Waals surface area (Å²) in [5.74, 6) is 0. The summed E-state index contributed by atoms with van der Waals surface area (Å²) in [7, 11) is 0. The number of aromatic amines is 1. The highest BCUT2D eigenvalue weighted by Crippen LogP contribution is 1.99. The number of imidazole rings is 1. The maximum atomic E-state index is 3.91. The second-order valence-electron chi connectivity index (χ2n) is 1.66. The minimum Gasteiger partial charge on any atom is -0.342 e. The van der Waals surface area contributed by atoms with Crippen molar-refractivity contribution >= 4 is 11.2 Å². The first-order valence-corrected chi connectivity index (χ1v) is 3.56. The molecule has 11 heavy (non-hydrogen) atoms. The van der Waals surface area contributed by atoms with Gasteiger partial charge in [-0.05, 0) is 0 Å². The molecule has 2 aromatic heterocycles. The molecule has 0 amide bonds. The highest BCUT2D eigenvalue weighted by Gasteiger charge is 1.91. The molecule has 0 fully saturated rings. The number of H-pyrrole nitrogens is 1. The summed E-state index contributed by atoms with van der Waals surface area (Å²) in [5, 5.41) is 0. The molecule has 0 radical (unpaired) electrons. The van der Waals surface area contributed by atoms with E-state index in [1.54, 1.807) is 12.5 Å². The minimum atomic E-state index is 0. The summed E-state index contributed by atoms with van der Waals surface area (Å²) in [4.78, 5) is 14.5. The number of hydrogen-bond acceptors (Lipinski definition) is 3. The highest BCUT2D eigenvalue weighted by molar-refractivity contribution is 5.67. The smallest absolute Gasteiger partial charge is 0.180 e. The Hall–Kier alpha value is -1.45. The lowest BCUT2D eigenvalue weighted by Gasteiger charge is -1.80. The molecular weight excluding hydrogens is 140 g/mol. The summed E-state index contributed by atoms with van der Waals surface area (Å²) < 4.78 is 0. The summed E-state index contributed by atoms with van der Waals surface area (Å²) in [6, 6.07) is 0. The van der Waals surface area contributed by atoms with E-state index in [0.717, 1.165) is 5.52 Å². The van der Waals surface area contributed by atoms with Crippen LogP contribution in [0.15, 0.2) is 18.9 Å². The molecule has 4 heteroatoms. The Balaban J connectivity index is 0.000000378. The third kappa shape index (κ3) is 1.52. The van der Waals surface area contributed by atoms with Gasteiger partial charge in [0.05, 0.1) is 12.5 Å². The molecule has 0 saturated carbocycles. The SMILES string of the molecule is CC.[HH].c1ncc2[nH]cnc2n1. The Kier molecular flexibility index (Phi) is 2.54. The van der Waals surface area contributed by atoms with Gasteiger partial charge in [-0.1, -0.05) is 13.8 Å². The van der Waals surface area contributed by atoms with Crippen LogP contribution in [0.4, 0.5) is 0 Å². The van der Waals surface area contributed by atoms with Gasteiger partial charge in [0, 0.05) is 1.43 Å². The van der Waals surface area contributed by atoms with Crippen LogP contribution in [-0.4, -0.2) is 19.9 Å². The van der Waals surface area contributed by atoms with Crippen LogP contribution in [0.1, 0.15) is 15.3 Å². The van der Waals surface area contributed by atoms with Crippen molar-refractivity contribution in [2.24, 2.45) is 0 Å². The third-order valence-electron chi connectivity index (χ3n) is 1.10. The van der Waals surface area contributed by atoms with E-state index in [2.05, 4.69) is 19.9 Å². The van der Waals surface area contributed by atoms with Gasteiger partial charge in [-0.2, -0.15) is 0 Å². The average molecular weight is 152 g/mol. The quantitative estimate of drug-likeness (QED) is 0.624. The van der Waals surface area contributed by atoms with Crippen LogP contribution in [0.2, 0.25) is 0 Å². The molecule has 0 saturated heterocycles. The van der Waals surface area contributed by atoms with Crippen molar-refractivity contribution in [3.8, 4) is 0 Å². The summed E-state index contributed by atoms with van der Waals surface area (Å²) >= 11 is 0. The fraction of sp³-hybridized carbons (Fsp3) is 0.286. The van der Waals surface area contributed by atoms with Gasteiger partial charge in [0.1, 0.15) is 11.8 Å². The molecule has 2 aromatic rings. The topological polar surface area (TPSA) is 54.5 Å². The predicted molar refractivity (Wildman–Crippen MR) is 45.1 cm³/mol. The molecule has 0 spiro atoms. The van der Waals surface area contributed by atoms with Crippen molar-refractivity contribution in [2.75, 3.05) is 0 Å². The summed E-state index contributed by atoms with van der Waals surface area (Å²) in [6.45, 7) is 4.00. The molecule has 0 atom stereocenters. The van der Waals surface area contributed by atoms with Crippen molar-refractivity contribution in [3.63, 3.8) is 0 Å². The molecule has 2 rings (SSSR count). The molecule has 0 unspecified atom stereocenters. The minimum absolute atomic E-state index is 0. The lowest BCUT2D eigenvalue weighted by atomic mass is 10.6. The third-order valence-corrected chi connectivity index (χ3v) is 1.10. The number of hydrogen-bond donors (Lipinski definition) is 1. The summed E-state index contributed by atoms with van der Waals surface area (Å²) in [6.07, 6.45) is 4.76. The van der Waals surface area contributed by atoms with E-state index in [0.29, 0.717) is 5.65 Å². The van der Waals surface area contributed by atoms with E-state index < -0.39 is 0 Å². The second kappa shape index (κ2) is 3.65. The van der Waals surface area contributed by atoms with Crippen LogP contribution in [-0.2, 0) is 0 Å². The monoisotopic (exact) mass is 152 g/mol. The molecule has 0 aliphatic rings. The zero-order valence-electron chi connectivity index (χ0n) is 6.57. The Labute approximate surface area is 66.2 Å². The molecule has 0 aliphatic heterocycles. The van der Waals surface area contributed by atoms with Crippen molar-refractivity contribution in [3.05, 3.63) is 18.9 Å². The first-order valence-electron chi connectivity index (χ1n) is 3.56. The fourth-order valence-electron chi connectivity index (χ4n) is 0.691. The van der Waals surface area contributed by atoms with E-state index in [1.165, 1.54) is 6.33 Å². The lowest BCUT2D eigenvalue weighted by Crippen LogP contribution is -1.76. The Morgan fingerprint density at radius 2 is 2.18 bits per heavy atom. The fourth-order valence-corrected chi connectivity index (χ4v) is 0.691. The Bertz CT molecular complexity index is 289. The van der Waals surface area contributed by atoms with Gasteiger partial charge in [-0.15, -0.1) is 0 Å². The van der Waals surface area contributed by atoms with Crippen LogP contribution in [0, 0.1) is 0 Å². The van der Waals surface area contributed by atoms with Crippen molar-refractivity contribution in [1.82, 2.24) is 19.9 Å². The van der Waals surface area contributed by atoms with E-state index in [4.69, 9.17) is 0 Å². The standard InChI is InChI=1S/C5H4N4.C2H6.H2/c1-4-5(8-2-6-1)9-3-7-4;1-2;/h1-3H,(H,6,7,8,9);1-2H3;1H. The Morgan fingerprint density at radius 3 is 2.91 bits per heavy atom. The molecule has 1 N–H and O–H groups in total. The average Bonchev–Trinajstić information content (AvgIpc) is 2.55. The molecule has 2 heterocycles. The molecule has 4 nitrogen and oxygen atoms in total. The number of nitrogens with one attached hydrogen (secondary N) is 1. The maximum absolute atomic E-state index is 3.91. The second-order valence-corrected chi connectivity index (χ2v) is 1.66. The van der Waals surface area contributed by atoms with Crippen LogP contribution < -0.4 is 0 Å². The number of rotatable bonds is 0. The molecule has 0 aromatic carbocycles. The summed E-state index contributed by atoms with van der Waals surface area (Å²) in [5.41, 5.74) is 1.59. The van der Waals surface area contributed by atoms with Crippen molar-refractivity contribution in [1.29, 1.82) is 0 Å². The van der Waals surface area contributed by atoms with Gasteiger partial charge in [0.2, 0.25) is 0 Å². The number of aromatic nitrogens is 4. The van der Waals surface area contributed by atoms with E-state index >= 15 is 0 Å². The largest absolute Gasteiger partial charge is 0.342 e.